The minimum atomic E-state index is 0.0390. The fourth-order valence-electron chi connectivity index (χ4n) is 1.66. The van der Waals surface area contributed by atoms with E-state index in [1.54, 1.807) is 0 Å². The number of hydrogen-bond acceptors (Lipinski definition) is 2. The van der Waals surface area contributed by atoms with Crippen LogP contribution in [0.15, 0.2) is 4.99 Å². The summed E-state index contributed by atoms with van der Waals surface area (Å²) in [6.07, 6.45) is 5.08. The van der Waals surface area contributed by atoms with Crippen molar-refractivity contribution in [3.8, 4) is 0 Å². The zero-order valence-electron chi connectivity index (χ0n) is 8.93. The van der Waals surface area contributed by atoms with Crippen LogP contribution in [0.5, 0.6) is 0 Å². The van der Waals surface area contributed by atoms with E-state index in [-0.39, 0.29) is 5.41 Å². The van der Waals surface area contributed by atoms with Crippen molar-refractivity contribution >= 4 is 5.84 Å². The van der Waals surface area contributed by atoms with Crippen molar-refractivity contribution in [2.75, 3.05) is 0 Å². The van der Waals surface area contributed by atoms with E-state index in [9.17, 15) is 0 Å². The van der Waals surface area contributed by atoms with E-state index in [1.165, 1.54) is 25.7 Å². The minimum absolute atomic E-state index is 0.0390. The third kappa shape index (κ3) is 2.99. The maximum Gasteiger partial charge on any atom is 0.116 e. The van der Waals surface area contributed by atoms with E-state index in [0.717, 1.165) is 5.84 Å². The monoisotopic (exact) mass is 183 g/mol. The minimum Gasteiger partial charge on any atom is -0.312 e. The standard InChI is InChI=1S/C10H21N3/c1-10(2,3)9(13-11)12-8-6-4-5-7-8/h8H,4-7,11H2,1-3H3,(H,12,13). The van der Waals surface area contributed by atoms with Gasteiger partial charge < -0.3 is 5.43 Å². The van der Waals surface area contributed by atoms with E-state index >= 15 is 0 Å². The molecule has 76 valence electrons. The molecule has 1 aliphatic rings. The molecule has 0 amide bonds. The van der Waals surface area contributed by atoms with Crippen molar-refractivity contribution < 1.29 is 0 Å². The van der Waals surface area contributed by atoms with Crippen molar-refractivity contribution in [3.63, 3.8) is 0 Å². The average Bonchev–Trinajstić information content (AvgIpc) is 2.49. The van der Waals surface area contributed by atoms with Crippen LogP contribution in [-0.2, 0) is 0 Å². The summed E-state index contributed by atoms with van der Waals surface area (Å²) in [5.74, 6) is 6.39. The number of nitrogens with one attached hydrogen (secondary N) is 1. The quantitative estimate of drug-likeness (QED) is 0.282. The Labute approximate surface area is 80.8 Å². The second-order valence-electron chi connectivity index (χ2n) is 4.81. The van der Waals surface area contributed by atoms with Gasteiger partial charge in [0.25, 0.3) is 0 Å². The van der Waals surface area contributed by atoms with Gasteiger partial charge in [0.1, 0.15) is 5.84 Å². The lowest BCUT2D eigenvalue weighted by atomic mass is 9.95. The highest BCUT2D eigenvalue weighted by Gasteiger charge is 2.21. The van der Waals surface area contributed by atoms with E-state index in [1.807, 2.05) is 0 Å². The summed E-state index contributed by atoms with van der Waals surface area (Å²) in [6.45, 7) is 6.38. The normalized spacial score (nSPS) is 20.8. The molecule has 0 unspecified atom stereocenters. The largest absolute Gasteiger partial charge is 0.312 e. The Morgan fingerprint density at radius 2 is 1.85 bits per heavy atom. The predicted octanol–water partition coefficient (Wildman–Crippen LogP) is 1.84. The third-order valence-corrected chi connectivity index (χ3v) is 2.48. The van der Waals surface area contributed by atoms with Gasteiger partial charge in [-0.3, -0.25) is 4.99 Å². The summed E-state index contributed by atoms with van der Waals surface area (Å²) in [7, 11) is 0. The van der Waals surface area contributed by atoms with Crippen molar-refractivity contribution in [2.45, 2.75) is 52.5 Å². The van der Waals surface area contributed by atoms with Crippen LogP contribution in [0.1, 0.15) is 46.5 Å². The van der Waals surface area contributed by atoms with Gasteiger partial charge in [-0.15, -0.1) is 0 Å². The lowest BCUT2D eigenvalue weighted by Crippen LogP contribution is -2.40. The van der Waals surface area contributed by atoms with Gasteiger partial charge >= 0.3 is 0 Å². The number of amidine groups is 1. The highest BCUT2D eigenvalue weighted by atomic mass is 15.3. The van der Waals surface area contributed by atoms with Gasteiger partial charge in [0.15, 0.2) is 0 Å². The van der Waals surface area contributed by atoms with Gasteiger partial charge in [-0.05, 0) is 12.8 Å². The second kappa shape index (κ2) is 4.09. The smallest absolute Gasteiger partial charge is 0.116 e. The Morgan fingerprint density at radius 3 is 2.23 bits per heavy atom. The number of nitrogens with two attached hydrogens (primary N) is 1. The van der Waals surface area contributed by atoms with Crippen molar-refractivity contribution in [1.29, 1.82) is 0 Å². The van der Waals surface area contributed by atoms with Gasteiger partial charge in [-0.2, -0.15) is 0 Å². The van der Waals surface area contributed by atoms with Crippen LogP contribution in [0.25, 0.3) is 0 Å². The highest BCUT2D eigenvalue weighted by Crippen LogP contribution is 2.23. The molecule has 1 aliphatic carbocycles. The number of rotatable bonds is 1. The number of nitrogens with zero attached hydrogens (tertiary/aromatic N) is 1. The number of hydrogen-bond donors (Lipinski definition) is 2. The molecule has 1 rings (SSSR count). The lowest BCUT2D eigenvalue weighted by molar-refractivity contribution is 0.551. The van der Waals surface area contributed by atoms with Crippen LogP contribution in [-0.4, -0.2) is 11.9 Å². The summed E-state index contributed by atoms with van der Waals surface area (Å²) >= 11 is 0. The first kappa shape index (κ1) is 10.5. The number of hydrazine groups is 1. The van der Waals surface area contributed by atoms with Crippen LogP contribution in [0.4, 0.5) is 0 Å². The molecule has 3 N–H and O–H groups in total. The Balaban J connectivity index is 2.64. The first-order valence-electron chi connectivity index (χ1n) is 5.09. The summed E-state index contributed by atoms with van der Waals surface area (Å²) in [4.78, 5) is 4.65. The summed E-state index contributed by atoms with van der Waals surface area (Å²) in [6, 6.07) is 0.505. The molecule has 0 atom stereocenters. The second-order valence-corrected chi connectivity index (χ2v) is 4.81. The van der Waals surface area contributed by atoms with Gasteiger partial charge in [-0.1, -0.05) is 33.6 Å². The fourth-order valence-corrected chi connectivity index (χ4v) is 1.66. The molecule has 13 heavy (non-hydrogen) atoms. The third-order valence-electron chi connectivity index (χ3n) is 2.48. The maximum absolute atomic E-state index is 5.46. The Morgan fingerprint density at radius 1 is 1.31 bits per heavy atom. The molecule has 0 aromatic heterocycles. The first-order valence-corrected chi connectivity index (χ1v) is 5.09. The zero-order chi connectivity index (χ0) is 9.90. The fraction of sp³-hybridized carbons (Fsp3) is 0.900. The molecule has 1 fully saturated rings. The molecule has 0 bridgehead atoms. The van der Waals surface area contributed by atoms with Gasteiger partial charge in [0.05, 0.1) is 6.04 Å². The molecule has 0 heterocycles. The van der Waals surface area contributed by atoms with Crippen LogP contribution in [0, 0.1) is 5.41 Å². The van der Waals surface area contributed by atoms with E-state index < -0.39 is 0 Å². The van der Waals surface area contributed by atoms with E-state index in [0.29, 0.717) is 6.04 Å². The first-order chi connectivity index (χ1) is 6.04. The molecule has 1 saturated carbocycles. The van der Waals surface area contributed by atoms with Crippen LogP contribution in [0.3, 0.4) is 0 Å². The lowest BCUT2D eigenvalue weighted by Gasteiger charge is -2.22. The SMILES string of the molecule is CC(C)(C)C(=NC1CCCC1)NN. The van der Waals surface area contributed by atoms with Crippen LogP contribution >= 0.6 is 0 Å². The summed E-state index contributed by atoms with van der Waals surface area (Å²) in [5, 5.41) is 0. The van der Waals surface area contributed by atoms with E-state index in [2.05, 4.69) is 31.2 Å². The van der Waals surface area contributed by atoms with Crippen LogP contribution < -0.4 is 11.3 Å². The molecule has 0 saturated heterocycles. The molecular weight excluding hydrogens is 162 g/mol. The molecular formula is C10H21N3. The molecule has 0 aliphatic heterocycles. The molecule has 3 heteroatoms. The predicted molar refractivity (Wildman–Crippen MR) is 56.5 cm³/mol. The van der Waals surface area contributed by atoms with Crippen LogP contribution in [0.2, 0.25) is 0 Å². The topological polar surface area (TPSA) is 50.4 Å². The molecule has 0 radical (unpaired) electrons. The Hall–Kier alpha value is -0.570. The van der Waals surface area contributed by atoms with Gasteiger partial charge in [0, 0.05) is 5.41 Å². The average molecular weight is 183 g/mol. The van der Waals surface area contributed by atoms with Crippen molar-refractivity contribution in [1.82, 2.24) is 5.43 Å². The zero-order valence-corrected chi connectivity index (χ0v) is 8.93. The molecule has 0 aromatic carbocycles. The molecule has 0 aromatic rings. The molecule has 0 spiro atoms. The van der Waals surface area contributed by atoms with Crippen molar-refractivity contribution in [2.24, 2.45) is 16.3 Å². The molecule has 3 nitrogen and oxygen atoms in total. The van der Waals surface area contributed by atoms with Gasteiger partial charge in [-0.25, -0.2) is 5.84 Å². The van der Waals surface area contributed by atoms with Gasteiger partial charge in [0.2, 0.25) is 0 Å². The Kier molecular flexibility index (Phi) is 3.31. The summed E-state index contributed by atoms with van der Waals surface area (Å²) < 4.78 is 0. The Bertz CT molecular complexity index is 185. The highest BCUT2D eigenvalue weighted by molar-refractivity contribution is 5.86. The number of aliphatic imine (C=N–C) groups is 1. The maximum atomic E-state index is 5.46. The van der Waals surface area contributed by atoms with Crippen molar-refractivity contribution in [3.05, 3.63) is 0 Å². The van der Waals surface area contributed by atoms with E-state index in [4.69, 9.17) is 5.84 Å². The summed E-state index contributed by atoms with van der Waals surface area (Å²) in [5.41, 5.74) is 2.76.